The normalized spacial score (nSPS) is 34.5. The summed E-state index contributed by atoms with van der Waals surface area (Å²) in [5, 5.41) is 4.10. The van der Waals surface area contributed by atoms with Gasteiger partial charge < -0.3 is 4.52 Å². The van der Waals surface area contributed by atoms with Gasteiger partial charge in [0, 0.05) is 5.92 Å². The summed E-state index contributed by atoms with van der Waals surface area (Å²) in [6.45, 7) is 2.24. The molecule has 2 aliphatic rings. The van der Waals surface area contributed by atoms with Gasteiger partial charge in [0.1, 0.15) is 0 Å². The summed E-state index contributed by atoms with van der Waals surface area (Å²) in [6, 6.07) is 0. The lowest BCUT2D eigenvalue weighted by Crippen LogP contribution is -2.16. The summed E-state index contributed by atoms with van der Waals surface area (Å²) in [5.41, 5.74) is 0. The first-order valence-corrected chi connectivity index (χ1v) is 8.91. The number of hydrogen-bond donors (Lipinski definition) is 0. The molecule has 0 amide bonds. The second-order valence-corrected chi connectivity index (χ2v) is 8.19. The highest BCUT2D eigenvalue weighted by Gasteiger charge is 2.34. The third-order valence-electron chi connectivity index (χ3n) is 4.48. The van der Waals surface area contributed by atoms with Crippen molar-refractivity contribution in [3.8, 4) is 0 Å². The van der Waals surface area contributed by atoms with Gasteiger partial charge in [-0.3, -0.25) is 0 Å². The van der Waals surface area contributed by atoms with Gasteiger partial charge in [-0.15, -0.1) is 0 Å². The smallest absolute Gasteiger partial charge is 0.230 e. The van der Waals surface area contributed by atoms with Crippen molar-refractivity contribution in [1.29, 1.82) is 0 Å². The zero-order chi connectivity index (χ0) is 13.5. The van der Waals surface area contributed by atoms with Gasteiger partial charge >= 0.3 is 0 Å². The molecule has 0 radical (unpaired) electrons. The van der Waals surface area contributed by atoms with E-state index in [2.05, 4.69) is 17.1 Å². The molecule has 1 aromatic rings. The van der Waals surface area contributed by atoms with E-state index in [0.717, 1.165) is 12.2 Å². The third-order valence-corrected chi connectivity index (χ3v) is 6.25. The maximum Gasteiger partial charge on any atom is 0.230 e. The molecular formula is C13H20N2O3S. The van der Waals surface area contributed by atoms with E-state index in [1.54, 1.807) is 0 Å². The Labute approximate surface area is 113 Å². The van der Waals surface area contributed by atoms with Crippen LogP contribution in [-0.2, 0) is 9.84 Å². The van der Waals surface area contributed by atoms with Crippen LogP contribution in [0, 0.1) is 5.92 Å². The lowest BCUT2D eigenvalue weighted by molar-refractivity contribution is 0.303. The molecule has 3 rings (SSSR count). The van der Waals surface area contributed by atoms with Crippen LogP contribution in [0.3, 0.4) is 0 Å². The van der Waals surface area contributed by atoms with Crippen molar-refractivity contribution < 1.29 is 12.9 Å². The Morgan fingerprint density at radius 1 is 1.21 bits per heavy atom. The van der Waals surface area contributed by atoms with E-state index in [4.69, 9.17) is 4.52 Å². The van der Waals surface area contributed by atoms with Gasteiger partial charge in [0.25, 0.3) is 0 Å². The van der Waals surface area contributed by atoms with Crippen molar-refractivity contribution in [2.45, 2.75) is 50.9 Å². The van der Waals surface area contributed by atoms with Crippen LogP contribution >= 0.6 is 0 Å². The van der Waals surface area contributed by atoms with Crippen molar-refractivity contribution >= 4 is 9.84 Å². The zero-order valence-electron chi connectivity index (χ0n) is 11.2. The SMILES string of the molecule is C[C@@H]1CCCC[C@@H]1c1noc([C@H]2CCS(=O)(=O)C2)n1. The minimum Gasteiger partial charge on any atom is -0.339 e. The van der Waals surface area contributed by atoms with Crippen molar-refractivity contribution in [2.75, 3.05) is 11.5 Å². The molecule has 0 aromatic carbocycles. The van der Waals surface area contributed by atoms with Crippen molar-refractivity contribution in [3.05, 3.63) is 11.7 Å². The van der Waals surface area contributed by atoms with Gasteiger partial charge in [-0.2, -0.15) is 4.98 Å². The van der Waals surface area contributed by atoms with E-state index in [1.165, 1.54) is 19.3 Å². The standard InChI is InChI=1S/C13H20N2O3S/c1-9-4-2-3-5-11(9)12-14-13(18-15-12)10-6-7-19(16,17)8-10/h9-11H,2-8H2,1H3/t9-,10+,11+/m1/s1. The number of nitrogens with zero attached hydrogens (tertiary/aromatic N) is 2. The van der Waals surface area contributed by atoms with Crippen LogP contribution in [0.2, 0.25) is 0 Å². The van der Waals surface area contributed by atoms with E-state index in [0.29, 0.717) is 24.1 Å². The molecule has 1 aliphatic heterocycles. The van der Waals surface area contributed by atoms with Gasteiger partial charge in [0.05, 0.1) is 17.4 Å². The Kier molecular flexibility index (Phi) is 3.37. The molecule has 5 nitrogen and oxygen atoms in total. The summed E-state index contributed by atoms with van der Waals surface area (Å²) in [4.78, 5) is 4.49. The van der Waals surface area contributed by atoms with Crippen molar-refractivity contribution in [1.82, 2.24) is 10.1 Å². The molecule has 1 aromatic heterocycles. The van der Waals surface area contributed by atoms with Crippen molar-refractivity contribution in [2.24, 2.45) is 5.92 Å². The van der Waals surface area contributed by atoms with Crippen LogP contribution in [0.15, 0.2) is 4.52 Å². The number of aromatic nitrogens is 2. The van der Waals surface area contributed by atoms with Crippen LogP contribution in [0.25, 0.3) is 0 Å². The topological polar surface area (TPSA) is 73.1 Å². The van der Waals surface area contributed by atoms with Crippen LogP contribution in [0.4, 0.5) is 0 Å². The lowest BCUT2D eigenvalue weighted by atomic mass is 9.80. The minimum absolute atomic E-state index is 0.0925. The average molecular weight is 284 g/mol. The molecule has 1 saturated carbocycles. The van der Waals surface area contributed by atoms with E-state index in [-0.39, 0.29) is 17.4 Å². The predicted octanol–water partition coefficient (Wildman–Crippen LogP) is 2.27. The molecule has 19 heavy (non-hydrogen) atoms. The van der Waals surface area contributed by atoms with E-state index >= 15 is 0 Å². The fourth-order valence-electron chi connectivity index (χ4n) is 3.25. The number of rotatable bonds is 2. The largest absolute Gasteiger partial charge is 0.339 e. The van der Waals surface area contributed by atoms with E-state index in [1.807, 2.05) is 0 Å². The Morgan fingerprint density at radius 2 is 2.00 bits per heavy atom. The summed E-state index contributed by atoms with van der Waals surface area (Å²) < 4.78 is 28.3. The number of hydrogen-bond acceptors (Lipinski definition) is 5. The molecule has 0 unspecified atom stereocenters. The monoisotopic (exact) mass is 284 g/mol. The summed E-state index contributed by atoms with van der Waals surface area (Å²) in [5.74, 6) is 2.59. The van der Waals surface area contributed by atoms with Crippen molar-refractivity contribution in [3.63, 3.8) is 0 Å². The molecule has 3 atom stereocenters. The molecule has 0 N–H and O–H groups in total. The molecule has 0 spiro atoms. The van der Waals surface area contributed by atoms with Crippen LogP contribution in [-0.4, -0.2) is 30.1 Å². The van der Waals surface area contributed by atoms with Gasteiger partial charge in [0.2, 0.25) is 5.89 Å². The molecule has 1 aliphatic carbocycles. The molecule has 106 valence electrons. The fraction of sp³-hybridized carbons (Fsp3) is 0.846. The Bertz CT molecular complexity index is 552. The average Bonchev–Trinajstić information content (AvgIpc) is 2.96. The first kappa shape index (κ1) is 13.1. The summed E-state index contributed by atoms with van der Waals surface area (Å²) in [6.07, 6.45) is 5.44. The summed E-state index contributed by atoms with van der Waals surface area (Å²) >= 11 is 0. The van der Waals surface area contributed by atoms with Crippen LogP contribution in [0.5, 0.6) is 0 Å². The molecule has 1 saturated heterocycles. The zero-order valence-corrected chi connectivity index (χ0v) is 12.0. The second-order valence-electron chi connectivity index (χ2n) is 5.96. The molecule has 2 fully saturated rings. The highest BCUT2D eigenvalue weighted by molar-refractivity contribution is 7.91. The van der Waals surface area contributed by atoms with Gasteiger partial charge in [-0.05, 0) is 18.8 Å². The fourth-order valence-corrected chi connectivity index (χ4v) is 4.99. The van der Waals surface area contributed by atoms with Gasteiger partial charge in [-0.1, -0.05) is 31.3 Å². The first-order chi connectivity index (χ1) is 9.05. The van der Waals surface area contributed by atoms with E-state index in [9.17, 15) is 8.42 Å². The second kappa shape index (κ2) is 4.89. The summed E-state index contributed by atoms with van der Waals surface area (Å²) in [7, 11) is -2.90. The molecule has 2 heterocycles. The highest BCUT2D eigenvalue weighted by Crippen LogP contribution is 2.37. The van der Waals surface area contributed by atoms with E-state index < -0.39 is 9.84 Å². The van der Waals surface area contributed by atoms with Gasteiger partial charge in [0.15, 0.2) is 15.7 Å². The lowest BCUT2D eigenvalue weighted by Gasteiger charge is -2.25. The maximum atomic E-state index is 11.5. The Hall–Kier alpha value is -0.910. The molecular weight excluding hydrogens is 264 g/mol. The highest BCUT2D eigenvalue weighted by atomic mass is 32.2. The quantitative estimate of drug-likeness (QED) is 0.833. The van der Waals surface area contributed by atoms with Crippen LogP contribution in [0.1, 0.15) is 62.6 Å². The predicted molar refractivity (Wildman–Crippen MR) is 70.7 cm³/mol. The number of sulfone groups is 1. The first-order valence-electron chi connectivity index (χ1n) is 7.09. The maximum absolute atomic E-state index is 11.5. The minimum atomic E-state index is -2.90. The Balaban J connectivity index is 1.76. The molecule has 6 heteroatoms. The Morgan fingerprint density at radius 3 is 2.68 bits per heavy atom. The molecule has 0 bridgehead atoms. The van der Waals surface area contributed by atoms with Gasteiger partial charge in [-0.25, -0.2) is 8.42 Å². The van der Waals surface area contributed by atoms with Crippen LogP contribution < -0.4 is 0 Å². The third kappa shape index (κ3) is 2.68.